The molecular weight excluding hydrogens is 323 g/mol. The number of phenolic OH excluding ortho intramolecular Hbond substituents is 1. The molecule has 1 N–H and O–H groups in total. The number of carbonyl (C=O) groups is 2. The van der Waals surface area contributed by atoms with Gasteiger partial charge in [0.05, 0.1) is 12.0 Å². The topological polar surface area (TPSA) is 63.6 Å². The quantitative estimate of drug-likeness (QED) is 0.515. The minimum atomic E-state index is -0.612. The Labute approximate surface area is 136 Å². The standard InChI is InChI=1S/C17H12ClFO4/c1-8(20)10-4-5-14-16(17(10)22)12(7-15(21)23-14)11-3-2-9(19)6-13(11)18/h2-6,12,22H,7H2,1H3/t12-/m0/s1. The molecule has 0 aromatic heterocycles. The lowest BCUT2D eigenvalue weighted by Gasteiger charge is -2.27. The summed E-state index contributed by atoms with van der Waals surface area (Å²) in [5.74, 6) is -1.98. The number of benzene rings is 2. The zero-order chi connectivity index (χ0) is 16.7. The Morgan fingerprint density at radius 1 is 1.35 bits per heavy atom. The first-order valence-corrected chi connectivity index (χ1v) is 7.28. The van der Waals surface area contributed by atoms with E-state index in [1.54, 1.807) is 0 Å². The maximum absolute atomic E-state index is 13.3. The Hall–Kier alpha value is -2.40. The van der Waals surface area contributed by atoms with Crippen molar-refractivity contribution in [3.05, 3.63) is 57.9 Å². The van der Waals surface area contributed by atoms with Crippen LogP contribution < -0.4 is 4.74 Å². The summed E-state index contributed by atoms with van der Waals surface area (Å²) in [6.07, 6.45) is -0.0622. The van der Waals surface area contributed by atoms with Gasteiger partial charge in [0, 0.05) is 16.5 Å². The molecular formula is C17H12ClFO4. The normalized spacial score (nSPS) is 16.7. The van der Waals surface area contributed by atoms with Gasteiger partial charge in [0.1, 0.15) is 17.3 Å². The van der Waals surface area contributed by atoms with Gasteiger partial charge in [0.15, 0.2) is 5.78 Å². The highest BCUT2D eigenvalue weighted by Gasteiger charge is 2.33. The minimum Gasteiger partial charge on any atom is -0.507 e. The predicted molar refractivity (Wildman–Crippen MR) is 81.6 cm³/mol. The molecule has 2 aromatic carbocycles. The molecule has 0 saturated heterocycles. The number of halogens is 2. The molecule has 3 rings (SSSR count). The summed E-state index contributed by atoms with van der Waals surface area (Å²) in [6.45, 7) is 1.33. The van der Waals surface area contributed by atoms with E-state index in [2.05, 4.69) is 0 Å². The van der Waals surface area contributed by atoms with Crippen molar-refractivity contribution in [2.24, 2.45) is 0 Å². The van der Waals surface area contributed by atoms with Gasteiger partial charge in [0.25, 0.3) is 0 Å². The van der Waals surface area contributed by atoms with Crippen LogP contribution in [0.15, 0.2) is 30.3 Å². The van der Waals surface area contributed by atoms with E-state index in [4.69, 9.17) is 16.3 Å². The predicted octanol–water partition coefficient (Wildman–Crippen LogP) is 3.83. The summed E-state index contributed by atoms with van der Waals surface area (Å²) in [4.78, 5) is 23.5. The molecule has 4 nitrogen and oxygen atoms in total. The van der Waals surface area contributed by atoms with E-state index in [1.165, 1.54) is 31.2 Å². The number of ether oxygens (including phenoxy) is 1. The number of carbonyl (C=O) groups excluding carboxylic acids is 2. The van der Waals surface area contributed by atoms with E-state index in [9.17, 15) is 19.1 Å². The number of hydrogen-bond acceptors (Lipinski definition) is 4. The fourth-order valence-electron chi connectivity index (χ4n) is 2.78. The number of phenols is 1. The van der Waals surface area contributed by atoms with Gasteiger partial charge in [0.2, 0.25) is 0 Å². The van der Waals surface area contributed by atoms with Crippen LogP contribution in [0.3, 0.4) is 0 Å². The van der Waals surface area contributed by atoms with Crippen molar-refractivity contribution in [3.8, 4) is 11.5 Å². The molecule has 1 aliphatic heterocycles. The van der Waals surface area contributed by atoms with E-state index in [-0.39, 0.29) is 34.3 Å². The largest absolute Gasteiger partial charge is 0.507 e. The third-order valence-corrected chi connectivity index (χ3v) is 4.16. The number of Topliss-reactive ketones (excluding diaryl/α,β-unsaturated/α-hetero) is 1. The Balaban J connectivity index is 2.23. The maximum atomic E-state index is 13.3. The smallest absolute Gasteiger partial charge is 0.312 e. The van der Waals surface area contributed by atoms with Crippen LogP contribution in [0.4, 0.5) is 4.39 Å². The van der Waals surface area contributed by atoms with E-state index < -0.39 is 17.7 Å². The average molecular weight is 335 g/mol. The third kappa shape index (κ3) is 2.68. The Morgan fingerprint density at radius 3 is 2.74 bits per heavy atom. The van der Waals surface area contributed by atoms with E-state index in [0.717, 1.165) is 6.07 Å². The van der Waals surface area contributed by atoms with Gasteiger partial charge in [-0.3, -0.25) is 9.59 Å². The molecule has 1 heterocycles. The van der Waals surface area contributed by atoms with Crippen LogP contribution in [0.25, 0.3) is 0 Å². The second-order valence-corrected chi connectivity index (χ2v) is 5.73. The zero-order valence-electron chi connectivity index (χ0n) is 12.1. The van der Waals surface area contributed by atoms with Crippen LogP contribution in [0.5, 0.6) is 11.5 Å². The van der Waals surface area contributed by atoms with Gasteiger partial charge in [-0.1, -0.05) is 17.7 Å². The fourth-order valence-corrected chi connectivity index (χ4v) is 3.08. The van der Waals surface area contributed by atoms with Crippen LogP contribution in [-0.2, 0) is 4.79 Å². The second kappa shape index (κ2) is 5.66. The molecule has 1 aliphatic rings. The van der Waals surface area contributed by atoms with Crippen molar-refractivity contribution < 1.29 is 23.8 Å². The van der Waals surface area contributed by atoms with E-state index >= 15 is 0 Å². The van der Waals surface area contributed by atoms with Gasteiger partial charge >= 0.3 is 5.97 Å². The Morgan fingerprint density at radius 2 is 2.09 bits per heavy atom. The summed E-state index contributed by atoms with van der Waals surface area (Å²) in [6, 6.07) is 6.70. The highest BCUT2D eigenvalue weighted by Crippen LogP contribution is 2.46. The van der Waals surface area contributed by atoms with Crippen LogP contribution >= 0.6 is 11.6 Å². The number of esters is 1. The lowest BCUT2D eigenvalue weighted by molar-refractivity contribution is -0.135. The van der Waals surface area contributed by atoms with Gasteiger partial charge in [-0.15, -0.1) is 0 Å². The molecule has 0 amide bonds. The molecule has 0 radical (unpaired) electrons. The molecule has 0 unspecified atom stereocenters. The fraction of sp³-hybridized carbons (Fsp3) is 0.176. The highest BCUT2D eigenvalue weighted by molar-refractivity contribution is 6.31. The monoisotopic (exact) mass is 334 g/mol. The molecule has 0 aliphatic carbocycles. The van der Waals surface area contributed by atoms with Gasteiger partial charge in [-0.05, 0) is 36.8 Å². The first-order valence-electron chi connectivity index (χ1n) is 6.91. The summed E-state index contributed by atoms with van der Waals surface area (Å²) in [5.41, 5.74) is 0.928. The van der Waals surface area contributed by atoms with Crippen LogP contribution in [-0.4, -0.2) is 16.9 Å². The van der Waals surface area contributed by atoms with Crippen LogP contribution in [0, 0.1) is 5.82 Å². The van der Waals surface area contributed by atoms with Gasteiger partial charge < -0.3 is 9.84 Å². The molecule has 0 fully saturated rings. The van der Waals surface area contributed by atoms with E-state index in [0.29, 0.717) is 11.1 Å². The van der Waals surface area contributed by atoms with Crippen molar-refractivity contribution in [3.63, 3.8) is 0 Å². The van der Waals surface area contributed by atoms with Crippen LogP contribution in [0.1, 0.15) is 40.7 Å². The molecule has 2 aromatic rings. The summed E-state index contributed by atoms with van der Waals surface area (Å²) >= 11 is 6.09. The average Bonchev–Trinajstić information content (AvgIpc) is 2.46. The molecule has 6 heteroatoms. The van der Waals surface area contributed by atoms with Crippen molar-refractivity contribution >= 4 is 23.4 Å². The molecule has 0 spiro atoms. The zero-order valence-corrected chi connectivity index (χ0v) is 12.9. The Kier molecular flexibility index (Phi) is 3.82. The number of fused-ring (bicyclic) bond motifs is 1. The summed E-state index contributed by atoms with van der Waals surface area (Å²) < 4.78 is 18.4. The maximum Gasteiger partial charge on any atom is 0.312 e. The van der Waals surface area contributed by atoms with E-state index in [1.807, 2.05) is 0 Å². The lowest BCUT2D eigenvalue weighted by atomic mass is 9.84. The number of ketones is 1. The summed E-state index contributed by atoms with van der Waals surface area (Å²) in [5, 5.41) is 10.6. The summed E-state index contributed by atoms with van der Waals surface area (Å²) in [7, 11) is 0. The molecule has 0 saturated carbocycles. The third-order valence-electron chi connectivity index (χ3n) is 3.84. The lowest BCUT2D eigenvalue weighted by Crippen LogP contribution is -2.22. The minimum absolute atomic E-state index is 0.0622. The molecule has 1 atom stereocenters. The second-order valence-electron chi connectivity index (χ2n) is 5.33. The first-order chi connectivity index (χ1) is 10.9. The number of aromatic hydroxyl groups is 1. The Bertz CT molecular complexity index is 832. The highest BCUT2D eigenvalue weighted by atomic mass is 35.5. The van der Waals surface area contributed by atoms with Gasteiger partial charge in [-0.2, -0.15) is 0 Å². The first kappa shape index (κ1) is 15.5. The molecule has 0 bridgehead atoms. The number of rotatable bonds is 2. The van der Waals surface area contributed by atoms with Crippen molar-refractivity contribution in [2.75, 3.05) is 0 Å². The van der Waals surface area contributed by atoms with Gasteiger partial charge in [-0.25, -0.2) is 4.39 Å². The molecule has 118 valence electrons. The number of hydrogen-bond donors (Lipinski definition) is 1. The van der Waals surface area contributed by atoms with Crippen molar-refractivity contribution in [1.82, 2.24) is 0 Å². The SMILES string of the molecule is CC(=O)c1ccc2c(c1O)[C@H](c1ccc(F)cc1Cl)CC(=O)O2. The van der Waals surface area contributed by atoms with Crippen molar-refractivity contribution in [2.45, 2.75) is 19.3 Å². The van der Waals surface area contributed by atoms with Crippen LogP contribution in [0.2, 0.25) is 5.02 Å². The molecule has 23 heavy (non-hydrogen) atoms. The van der Waals surface area contributed by atoms with Crippen molar-refractivity contribution in [1.29, 1.82) is 0 Å².